The maximum absolute atomic E-state index is 14.1. The van der Waals surface area contributed by atoms with Crippen molar-refractivity contribution in [2.75, 3.05) is 69.4 Å². The minimum Gasteiger partial charge on any atom is -0.489 e. The Morgan fingerprint density at radius 3 is 2.60 bits per heavy atom. The molecule has 65 heavy (non-hydrogen) atoms. The van der Waals surface area contributed by atoms with Crippen LogP contribution in [0.5, 0.6) is 17.2 Å². The van der Waals surface area contributed by atoms with E-state index in [0.29, 0.717) is 37.7 Å². The summed E-state index contributed by atoms with van der Waals surface area (Å²) in [6, 6.07) is 18.5. The van der Waals surface area contributed by atoms with Gasteiger partial charge in [0.05, 0.1) is 40.3 Å². The third-order valence-electron chi connectivity index (χ3n) is 12.6. The van der Waals surface area contributed by atoms with E-state index in [2.05, 4.69) is 55.8 Å². The Labute approximate surface area is 382 Å². The van der Waals surface area contributed by atoms with E-state index in [-0.39, 0.29) is 47.5 Å². The number of amides is 1. The van der Waals surface area contributed by atoms with Crippen LogP contribution >= 0.6 is 11.6 Å². The number of nitro groups is 1. The Bertz CT molecular complexity index is 2730. The number of hydrogen-bond donors (Lipinski definition) is 3. The molecule has 0 radical (unpaired) electrons. The van der Waals surface area contributed by atoms with Crippen molar-refractivity contribution in [1.29, 1.82) is 0 Å². The normalized spacial score (nSPS) is 19.3. The SMILES string of the molecule is CC1(C)CCC(CN2CCN(c3ccc(C(=O)NS(=O)(=O)c4cc5c(c([N+](=O)[O-])c4)N[C@H](COC4CCOCC4)CO5)c(Oc4cnc5[nH]ccc5c4)c3)CC2)=C(c2ccc(Cl)cc2)C1. The van der Waals surface area contributed by atoms with Crippen molar-refractivity contribution >= 4 is 61.2 Å². The number of pyridine rings is 1. The number of hydrogen-bond acceptors (Lipinski definition) is 13. The number of rotatable bonds is 13. The minimum atomic E-state index is -4.67. The molecule has 5 heterocycles. The first kappa shape index (κ1) is 44.5. The molecule has 16 nitrogen and oxygen atoms in total. The van der Waals surface area contributed by atoms with Crippen LogP contribution in [0.4, 0.5) is 17.1 Å². The molecule has 342 valence electrons. The number of allylic oxidation sites excluding steroid dienone is 1. The van der Waals surface area contributed by atoms with Crippen LogP contribution in [0.1, 0.15) is 61.9 Å². The lowest BCUT2D eigenvalue weighted by molar-refractivity contribution is -0.384. The van der Waals surface area contributed by atoms with Crippen molar-refractivity contribution in [3.8, 4) is 17.2 Å². The number of fused-ring (bicyclic) bond motifs is 2. The van der Waals surface area contributed by atoms with Gasteiger partial charge in [0.25, 0.3) is 21.6 Å². The first-order valence-electron chi connectivity index (χ1n) is 21.9. The molecular weight excluding hydrogens is 874 g/mol. The highest BCUT2D eigenvalue weighted by molar-refractivity contribution is 7.90. The zero-order chi connectivity index (χ0) is 45.3. The van der Waals surface area contributed by atoms with Crippen LogP contribution in [-0.4, -0.2) is 105 Å². The molecule has 9 rings (SSSR count). The molecule has 5 aromatic rings. The predicted molar refractivity (Wildman–Crippen MR) is 248 cm³/mol. The van der Waals surface area contributed by atoms with Crippen LogP contribution in [-0.2, 0) is 19.5 Å². The maximum Gasteiger partial charge on any atom is 0.297 e. The second kappa shape index (κ2) is 18.6. The summed E-state index contributed by atoms with van der Waals surface area (Å²) in [5, 5.41) is 16.9. The van der Waals surface area contributed by atoms with E-state index in [9.17, 15) is 23.3 Å². The van der Waals surface area contributed by atoms with Gasteiger partial charge in [0.1, 0.15) is 23.8 Å². The summed E-state index contributed by atoms with van der Waals surface area (Å²) >= 11 is 6.25. The summed E-state index contributed by atoms with van der Waals surface area (Å²) in [4.78, 5) is 37.3. The van der Waals surface area contributed by atoms with E-state index in [4.69, 9.17) is 30.5 Å². The molecule has 4 aliphatic rings. The quantitative estimate of drug-likeness (QED) is 0.0758. The van der Waals surface area contributed by atoms with Crippen molar-refractivity contribution < 1.29 is 37.1 Å². The van der Waals surface area contributed by atoms with Gasteiger partial charge in [-0.15, -0.1) is 0 Å². The lowest BCUT2D eigenvalue weighted by Gasteiger charge is -2.39. The lowest BCUT2D eigenvalue weighted by Crippen LogP contribution is -2.47. The third-order valence-corrected chi connectivity index (χ3v) is 14.2. The van der Waals surface area contributed by atoms with Crippen LogP contribution in [0.3, 0.4) is 0 Å². The fourth-order valence-electron chi connectivity index (χ4n) is 8.97. The Morgan fingerprint density at radius 1 is 1.05 bits per heavy atom. The number of nitrogens with one attached hydrogen (secondary N) is 3. The van der Waals surface area contributed by atoms with Crippen molar-refractivity contribution in [3.63, 3.8) is 0 Å². The summed E-state index contributed by atoms with van der Waals surface area (Å²) in [5.74, 6) is -0.577. The van der Waals surface area contributed by atoms with Gasteiger partial charge in [-0.3, -0.25) is 19.8 Å². The number of anilines is 2. The molecule has 2 saturated heterocycles. The molecule has 0 unspecified atom stereocenters. The van der Waals surface area contributed by atoms with Crippen molar-refractivity contribution in [1.82, 2.24) is 19.6 Å². The zero-order valence-corrected chi connectivity index (χ0v) is 37.9. The van der Waals surface area contributed by atoms with Crippen LogP contribution < -0.4 is 24.4 Å². The molecule has 2 fully saturated rings. The summed E-state index contributed by atoms with van der Waals surface area (Å²) in [6.07, 6.45) is 7.95. The minimum absolute atomic E-state index is 0.00830. The number of aromatic amines is 1. The van der Waals surface area contributed by atoms with E-state index in [1.54, 1.807) is 24.4 Å². The van der Waals surface area contributed by atoms with Crippen molar-refractivity contribution in [2.45, 2.75) is 63.0 Å². The van der Waals surface area contributed by atoms with E-state index in [1.165, 1.54) is 35.0 Å². The second-order valence-corrected chi connectivity index (χ2v) is 20.0. The van der Waals surface area contributed by atoms with Gasteiger partial charge in [0, 0.05) is 86.4 Å². The molecule has 1 amide bonds. The van der Waals surface area contributed by atoms with E-state index >= 15 is 0 Å². The number of ether oxygens (including phenoxy) is 4. The summed E-state index contributed by atoms with van der Waals surface area (Å²) < 4.78 is 53.5. The number of nitrogens with zero attached hydrogens (tertiary/aromatic N) is 4. The zero-order valence-electron chi connectivity index (χ0n) is 36.3. The number of benzene rings is 3. The fourth-order valence-corrected chi connectivity index (χ4v) is 10.1. The van der Waals surface area contributed by atoms with Gasteiger partial charge in [-0.2, -0.15) is 0 Å². The first-order valence-corrected chi connectivity index (χ1v) is 23.8. The van der Waals surface area contributed by atoms with Gasteiger partial charge >= 0.3 is 0 Å². The number of nitro benzene ring substituents is 1. The number of halogens is 1. The van der Waals surface area contributed by atoms with Gasteiger partial charge in [0.2, 0.25) is 0 Å². The Balaban J connectivity index is 0.928. The summed E-state index contributed by atoms with van der Waals surface area (Å²) in [7, 11) is -4.67. The van der Waals surface area contributed by atoms with Gasteiger partial charge in [-0.05, 0) is 85.1 Å². The van der Waals surface area contributed by atoms with E-state index < -0.39 is 37.5 Å². The van der Waals surface area contributed by atoms with Gasteiger partial charge in [-0.25, -0.2) is 18.1 Å². The van der Waals surface area contributed by atoms with Crippen LogP contribution in [0.2, 0.25) is 5.02 Å². The molecule has 0 saturated carbocycles. The molecule has 0 bridgehead atoms. The Kier molecular flexibility index (Phi) is 12.8. The van der Waals surface area contributed by atoms with Crippen LogP contribution in [0.25, 0.3) is 16.6 Å². The number of aromatic nitrogens is 2. The van der Waals surface area contributed by atoms with Crippen LogP contribution in [0, 0.1) is 15.5 Å². The Hall–Kier alpha value is -5.72. The Morgan fingerprint density at radius 2 is 1.83 bits per heavy atom. The number of carbonyl (C=O) groups is 1. The summed E-state index contributed by atoms with van der Waals surface area (Å²) in [5.41, 5.74) is 5.20. The number of carbonyl (C=O) groups excluding carboxylic acids is 1. The van der Waals surface area contributed by atoms with Gasteiger partial charge in [-0.1, -0.05) is 43.2 Å². The van der Waals surface area contributed by atoms with E-state index in [0.717, 1.165) is 73.9 Å². The molecule has 1 atom stereocenters. The third kappa shape index (κ3) is 10.2. The molecule has 18 heteroatoms. The monoisotopic (exact) mass is 925 g/mol. The number of piperazine rings is 1. The second-order valence-electron chi connectivity index (χ2n) is 17.9. The molecular formula is C47H52ClN7O9S. The van der Waals surface area contributed by atoms with Crippen molar-refractivity contribution in [3.05, 3.63) is 111 Å². The molecule has 1 aliphatic carbocycles. The molecule has 2 aromatic heterocycles. The maximum atomic E-state index is 14.1. The van der Waals surface area contributed by atoms with Gasteiger partial charge < -0.3 is 34.1 Å². The fraction of sp³-hybridized carbons (Fsp3) is 0.404. The number of sulfonamides is 1. The highest BCUT2D eigenvalue weighted by Crippen LogP contribution is 2.44. The topological polar surface area (TPSA) is 190 Å². The number of H-pyrrole nitrogens is 1. The van der Waals surface area contributed by atoms with Crippen molar-refractivity contribution in [2.24, 2.45) is 5.41 Å². The van der Waals surface area contributed by atoms with Crippen LogP contribution in [0.15, 0.2) is 89.6 Å². The van der Waals surface area contributed by atoms with E-state index in [1.807, 2.05) is 18.2 Å². The molecule has 0 spiro atoms. The largest absolute Gasteiger partial charge is 0.489 e. The standard InChI is InChI=1S/C47H52ClN7O9S/c1-47(2)13-9-32(40(25-47)30-3-5-33(48)6-4-30)27-53-15-17-54(18-16-53)35-7-8-39(42(22-35)64-37-21-31-10-14-49-45(31)50-26-37)46(56)52-65(59,60)38-23-41(55(57)58)44-43(24-38)63-29-34(51-44)28-62-36-11-19-61-20-12-36/h3-8,10,14,21-24,26,34,36,51H,9,11-13,15-20,25,27-29H2,1-2H3,(H,49,50)(H,52,56)/t34-/m1/s1. The smallest absolute Gasteiger partial charge is 0.297 e. The lowest BCUT2D eigenvalue weighted by atomic mass is 9.72. The predicted octanol–water partition coefficient (Wildman–Crippen LogP) is 8.19. The molecule has 3 N–H and O–H groups in total. The van der Waals surface area contributed by atoms with Gasteiger partial charge in [0.15, 0.2) is 11.4 Å². The highest BCUT2D eigenvalue weighted by Gasteiger charge is 2.34. The first-order chi connectivity index (χ1) is 31.3. The summed E-state index contributed by atoms with van der Waals surface area (Å²) in [6.45, 7) is 10.1. The average Bonchev–Trinajstić information content (AvgIpc) is 3.77. The average molecular weight is 926 g/mol. The molecule has 3 aromatic carbocycles. The molecule has 3 aliphatic heterocycles. The highest BCUT2D eigenvalue weighted by atomic mass is 35.5.